The van der Waals surface area contributed by atoms with Crippen molar-refractivity contribution in [2.75, 3.05) is 4.90 Å². The van der Waals surface area contributed by atoms with Crippen molar-refractivity contribution < 1.29 is 0 Å². The van der Waals surface area contributed by atoms with Gasteiger partial charge in [0, 0.05) is 16.9 Å². The molecule has 248 valence electrons. The maximum atomic E-state index is 2.47. The van der Waals surface area contributed by atoms with Gasteiger partial charge in [0.1, 0.15) is 0 Å². The van der Waals surface area contributed by atoms with Crippen LogP contribution in [0.3, 0.4) is 0 Å². The first-order valence-corrected chi connectivity index (χ1v) is 18.3. The second kappa shape index (κ2) is 13.0. The van der Waals surface area contributed by atoms with E-state index in [0.717, 1.165) is 17.1 Å². The molecule has 10 aromatic rings. The minimum absolute atomic E-state index is 1.10. The second-order valence-electron chi connectivity index (χ2n) is 13.7. The van der Waals surface area contributed by atoms with E-state index in [4.69, 9.17) is 0 Å². The summed E-state index contributed by atoms with van der Waals surface area (Å²) in [6, 6.07) is 77.4. The van der Waals surface area contributed by atoms with Gasteiger partial charge in [0.05, 0.1) is 5.69 Å². The fourth-order valence-corrected chi connectivity index (χ4v) is 8.15. The lowest BCUT2D eigenvalue weighted by Gasteiger charge is -2.30. The summed E-state index contributed by atoms with van der Waals surface area (Å²) < 4.78 is 0. The Balaban J connectivity index is 1.30. The molecule has 0 saturated heterocycles. The molecule has 1 nitrogen and oxygen atoms in total. The summed E-state index contributed by atoms with van der Waals surface area (Å²) in [7, 11) is 0. The van der Waals surface area contributed by atoms with Crippen LogP contribution >= 0.6 is 0 Å². The highest BCUT2D eigenvalue weighted by Gasteiger charge is 2.21. The van der Waals surface area contributed by atoms with Crippen LogP contribution in [0.2, 0.25) is 0 Å². The zero-order valence-electron chi connectivity index (χ0n) is 29.2. The largest absolute Gasteiger partial charge is 0.310 e. The van der Waals surface area contributed by atoms with Gasteiger partial charge in [-0.1, -0.05) is 176 Å². The van der Waals surface area contributed by atoms with Crippen LogP contribution in [0.5, 0.6) is 0 Å². The smallest absolute Gasteiger partial charge is 0.0540 e. The monoisotopic (exact) mass is 673 g/mol. The Labute approximate surface area is 309 Å². The highest BCUT2D eigenvalue weighted by molar-refractivity contribution is 6.26. The van der Waals surface area contributed by atoms with Crippen LogP contribution in [0.25, 0.3) is 76.5 Å². The molecular weight excluding hydrogens is 639 g/mol. The molecule has 0 N–H and O–H groups in total. The van der Waals surface area contributed by atoms with Gasteiger partial charge < -0.3 is 4.90 Å². The van der Waals surface area contributed by atoms with E-state index in [1.807, 2.05) is 0 Å². The third kappa shape index (κ3) is 5.42. The van der Waals surface area contributed by atoms with E-state index in [1.54, 1.807) is 0 Å². The van der Waals surface area contributed by atoms with Crippen molar-refractivity contribution in [2.24, 2.45) is 0 Å². The van der Waals surface area contributed by atoms with E-state index in [0.29, 0.717) is 0 Å². The number of anilines is 3. The fraction of sp³-hybridized carbons (Fsp3) is 0. The molecule has 10 rings (SSSR count). The van der Waals surface area contributed by atoms with Crippen molar-refractivity contribution >= 4 is 60.2 Å². The maximum absolute atomic E-state index is 2.47. The Morgan fingerprint density at radius 1 is 0.245 bits per heavy atom. The summed E-state index contributed by atoms with van der Waals surface area (Å²) in [6.07, 6.45) is 0. The van der Waals surface area contributed by atoms with Crippen molar-refractivity contribution in [2.45, 2.75) is 0 Å². The average molecular weight is 674 g/mol. The molecular formula is C52H35N. The standard InChI is InChI=1S/C52H35N/c1-3-16-36(17-4-1)39-32-40(37-18-5-2-6-19-37)34-42(33-39)53(52-29-14-13-27-50(52)44-28-15-21-38-20-7-8-22-43(38)44)41-30-31-49-47-25-10-9-23-45(47)46-24-11-12-26-48(46)51(49)35-41/h1-35H. The summed E-state index contributed by atoms with van der Waals surface area (Å²) >= 11 is 0. The summed E-state index contributed by atoms with van der Waals surface area (Å²) in [6.45, 7) is 0. The van der Waals surface area contributed by atoms with Crippen LogP contribution in [-0.2, 0) is 0 Å². The van der Waals surface area contributed by atoms with E-state index in [-0.39, 0.29) is 0 Å². The van der Waals surface area contributed by atoms with E-state index in [1.165, 1.54) is 76.5 Å². The molecule has 0 aliphatic heterocycles. The third-order valence-corrected chi connectivity index (χ3v) is 10.6. The van der Waals surface area contributed by atoms with Gasteiger partial charge in [0.25, 0.3) is 0 Å². The zero-order chi connectivity index (χ0) is 35.1. The average Bonchev–Trinajstić information content (AvgIpc) is 3.24. The molecule has 0 radical (unpaired) electrons. The normalized spacial score (nSPS) is 11.4. The first-order valence-electron chi connectivity index (χ1n) is 18.3. The SMILES string of the molecule is c1ccc(-c2cc(-c3ccccc3)cc(N(c3ccc4c5ccccc5c5ccccc5c4c3)c3ccccc3-c3cccc4ccccc34)c2)cc1. The van der Waals surface area contributed by atoms with E-state index >= 15 is 0 Å². The Morgan fingerprint density at radius 2 is 0.717 bits per heavy atom. The van der Waals surface area contributed by atoms with Gasteiger partial charge in [-0.05, 0) is 107 Å². The van der Waals surface area contributed by atoms with Crippen LogP contribution in [0.4, 0.5) is 17.1 Å². The predicted octanol–water partition coefficient (Wildman–Crippen LogP) is 14.8. The maximum Gasteiger partial charge on any atom is 0.0540 e. The Morgan fingerprint density at radius 3 is 1.36 bits per heavy atom. The molecule has 53 heavy (non-hydrogen) atoms. The molecule has 0 aromatic heterocycles. The van der Waals surface area contributed by atoms with Gasteiger partial charge in [-0.15, -0.1) is 0 Å². The number of hydrogen-bond donors (Lipinski definition) is 0. The van der Waals surface area contributed by atoms with Crippen LogP contribution in [0, 0.1) is 0 Å². The molecule has 0 aliphatic carbocycles. The van der Waals surface area contributed by atoms with Gasteiger partial charge in [-0.3, -0.25) is 0 Å². The molecule has 1 heteroatoms. The van der Waals surface area contributed by atoms with Gasteiger partial charge in [0.15, 0.2) is 0 Å². The molecule has 10 aromatic carbocycles. The van der Waals surface area contributed by atoms with Gasteiger partial charge in [0.2, 0.25) is 0 Å². The van der Waals surface area contributed by atoms with E-state index in [9.17, 15) is 0 Å². The number of rotatable bonds is 6. The van der Waals surface area contributed by atoms with Gasteiger partial charge >= 0.3 is 0 Å². The molecule has 0 heterocycles. The first kappa shape index (κ1) is 30.8. The Kier molecular flexibility index (Phi) is 7.55. The Bertz CT molecular complexity index is 2850. The van der Waals surface area contributed by atoms with Crippen molar-refractivity contribution in [3.05, 3.63) is 212 Å². The number of benzene rings is 10. The van der Waals surface area contributed by atoms with Crippen LogP contribution < -0.4 is 4.90 Å². The van der Waals surface area contributed by atoms with Crippen LogP contribution in [0.1, 0.15) is 0 Å². The summed E-state index contributed by atoms with van der Waals surface area (Å²) in [5, 5.41) is 10.0. The van der Waals surface area contributed by atoms with E-state index < -0.39 is 0 Å². The molecule has 0 unspecified atom stereocenters. The Hall–Kier alpha value is -6.96. The van der Waals surface area contributed by atoms with Crippen LogP contribution in [0.15, 0.2) is 212 Å². The van der Waals surface area contributed by atoms with Crippen molar-refractivity contribution in [1.29, 1.82) is 0 Å². The van der Waals surface area contributed by atoms with E-state index in [2.05, 4.69) is 217 Å². The molecule has 0 atom stereocenters. The lowest BCUT2D eigenvalue weighted by atomic mass is 9.93. The summed E-state index contributed by atoms with van der Waals surface area (Å²) in [4.78, 5) is 2.47. The third-order valence-electron chi connectivity index (χ3n) is 10.6. The molecule has 0 aliphatic rings. The minimum atomic E-state index is 1.10. The topological polar surface area (TPSA) is 3.24 Å². The first-order chi connectivity index (χ1) is 26.3. The summed E-state index contributed by atoms with van der Waals surface area (Å²) in [5.74, 6) is 0. The lowest BCUT2D eigenvalue weighted by molar-refractivity contribution is 1.29. The van der Waals surface area contributed by atoms with Gasteiger partial charge in [-0.2, -0.15) is 0 Å². The number of fused-ring (bicyclic) bond motifs is 7. The quantitative estimate of drug-likeness (QED) is 0.159. The number of nitrogens with zero attached hydrogens (tertiary/aromatic N) is 1. The van der Waals surface area contributed by atoms with Crippen molar-refractivity contribution in [3.63, 3.8) is 0 Å². The highest BCUT2D eigenvalue weighted by atomic mass is 15.1. The molecule has 0 bridgehead atoms. The summed E-state index contributed by atoms with van der Waals surface area (Å²) in [5.41, 5.74) is 10.4. The highest BCUT2D eigenvalue weighted by Crippen LogP contribution is 2.46. The lowest BCUT2D eigenvalue weighted by Crippen LogP contribution is -2.12. The second-order valence-corrected chi connectivity index (χ2v) is 13.7. The molecule has 0 saturated carbocycles. The van der Waals surface area contributed by atoms with Crippen molar-refractivity contribution in [3.8, 4) is 33.4 Å². The van der Waals surface area contributed by atoms with Gasteiger partial charge in [-0.25, -0.2) is 0 Å². The zero-order valence-corrected chi connectivity index (χ0v) is 29.2. The number of para-hydroxylation sites is 1. The molecule has 0 fully saturated rings. The minimum Gasteiger partial charge on any atom is -0.310 e. The van der Waals surface area contributed by atoms with Crippen LogP contribution in [-0.4, -0.2) is 0 Å². The van der Waals surface area contributed by atoms with Crippen molar-refractivity contribution in [1.82, 2.24) is 0 Å². The fourth-order valence-electron chi connectivity index (χ4n) is 8.15. The predicted molar refractivity (Wildman–Crippen MR) is 227 cm³/mol. The molecule has 0 spiro atoms. The number of hydrogen-bond acceptors (Lipinski definition) is 1. The molecule has 0 amide bonds.